The van der Waals surface area contributed by atoms with E-state index >= 15 is 0 Å². The van der Waals surface area contributed by atoms with E-state index in [1.54, 1.807) is 0 Å². The van der Waals surface area contributed by atoms with Gasteiger partial charge in [0.05, 0.1) is 6.10 Å². The molecule has 0 aromatic heterocycles. The molecular weight excluding hydrogens is 260 g/mol. The number of rotatable bonds is 5. The molecular formula is C18H30N2O. The molecule has 1 aromatic carbocycles. The van der Waals surface area contributed by atoms with Gasteiger partial charge in [0.2, 0.25) is 0 Å². The molecule has 1 fully saturated rings. The van der Waals surface area contributed by atoms with Crippen molar-refractivity contribution in [2.75, 3.05) is 19.6 Å². The van der Waals surface area contributed by atoms with Crippen LogP contribution in [0.25, 0.3) is 0 Å². The molecule has 2 N–H and O–H groups in total. The summed E-state index contributed by atoms with van der Waals surface area (Å²) in [5.41, 5.74) is 7.83. The van der Waals surface area contributed by atoms with Crippen molar-refractivity contribution in [3.63, 3.8) is 0 Å². The molecule has 1 heterocycles. The van der Waals surface area contributed by atoms with Gasteiger partial charge in [0, 0.05) is 12.6 Å². The maximum atomic E-state index is 6.05. The van der Waals surface area contributed by atoms with Crippen LogP contribution in [0.15, 0.2) is 24.3 Å². The molecule has 1 atom stereocenters. The Hall–Kier alpha value is -1.06. The summed E-state index contributed by atoms with van der Waals surface area (Å²) in [7, 11) is 0. The molecule has 1 saturated heterocycles. The van der Waals surface area contributed by atoms with E-state index in [0.717, 1.165) is 18.8 Å². The van der Waals surface area contributed by atoms with Crippen molar-refractivity contribution in [1.82, 2.24) is 4.90 Å². The molecule has 0 saturated carbocycles. The highest BCUT2D eigenvalue weighted by atomic mass is 16.5. The zero-order valence-electron chi connectivity index (χ0n) is 13.9. The second kappa shape index (κ2) is 6.80. The molecule has 3 nitrogen and oxygen atoms in total. The van der Waals surface area contributed by atoms with Crippen LogP contribution in [0.5, 0.6) is 5.75 Å². The number of piperidine rings is 1. The van der Waals surface area contributed by atoms with E-state index in [-0.39, 0.29) is 6.10 Å². The van der Waals surface area contributed by atoms with E-state index in [1.165, 1.54) is 18.4 Å². The topological polar surface area (TPSA) is 38.5 Å². The Kier molecular flexibility index (Phi) is 5.28. The summed E-state index contributed by atoms with van der Waals surface area (Å²) in [5.74, 6) is 0.935. The van der Waals surface area contributed by atoms with Gasteiger partial charge in [-0.1, -0.05) is 26.0 Å². The maximum absolute atomic E-state index is 6.05. The molecule has 1 aliphatic rings. The Bertz CT molecular complexity index is 429. The third kappa shape index (κ3) is 4.45. The van der Waals surface area contributed by atoms with Crippen molar-refractivity contribution < 1.29 is 4.74 Å². The van der Waals surface area contributed by atoms with Gasteiger partial charge in [-0.2, -0.15) is 0 Å². The molecule has 1 unspecified atom stereocenters. The van der Waals surface area contributed by atoms with E-state index < -0.39 is 0 Å². The molecule has 1 aliphatic heterocycles. The van der Waals surface area contributed by atoms with Crippen LogP contribution in [-0.2, 0) is 0 Å². The number of hydrogen-bond acceptors (Lipinski definition) is 3. The minimum atomic E-state index is 0.213. The summed E-state index contributed by atoms with van der Waals surface area (Å²) in [6.07, 6.45) is 2.71. The summed E-state index contributed by atoms with van der Waals surface area (Å²) < 4.78 is 5.71. The van der Waals surface area contributed by atoms with Crippen LogP contribution in [0, 0.1) is 5.41 Å². The van der Waals surface area contributed by atoms with E-state index in [0.29, 0.717) is 18.0 Å². The Morgan fingerprint density at radius 2 is 1.71 bits per heavy atom. The lowest BCUT2D eigenvalue weighted by atomic mass is 9.82. The average molecular weight is 290 g/mol. The van der Waals surface area contributed by atoms with Crippen LogP contribution < -0.4 is 10.5 Å². The molecule has 0 amide bonds. The monoisotopic (exact) mass is 290 g/mol. The molecule has 21 heavy (non-hydrogen) atoms. The summed E-state index contributed by atoms with van der Waals surface area (Å²) in [5, 5.41) is 0. The Labute approximate surface area is 129 Å². The van der Waals surface area contributed by atoms with Gasteiger partial charge in [0.15, 0.2) is 0 Å². The number of benzene rings is 1. The van der Waals surface area contributed by atoms with Crippen molar-refractivity contribution >= 4 is 0 Å². The minimum Gasteiger partial charge on any atom is -0.491 e. The predicted molar refractivity (Wildman–Crippen MR) is 88.6 cm³/mol. The van der Waals surface area contributed by atoms with Crippen molar-refractivity contribution in [2.24, 2.45) is 11.1 Å². The first kappa shape index (κ1) is 16.3. The lowest BCUT2D eigenvalue weighted by Crippen LogP contribution is -2.42. The quantitative estimate of drug-likeness (QED) is 0.900. The molecule has 0 bridgehead atoms. The van der Waals surface area contributed by atoms with Crippen LogP contribution >= 0.6 is 0 Å². The smallest absolute Gasteiger partial charge is 0.119 e. The second-order valence-corrected chi connectivity index (χ2v) is 7.19. The number of nitrogens with two attached hydrogens (primary N) is 1. The van der Waals surface area contributed by atoms with Gasteiger partial charge in [-0.05, 0) is 62.9 Å². The number of nitrogens with zero attached hydrogens (tertiary/aromatic N) is 1. The van der Waals surface area contributed by atoms with Gasteiger partial charge in [-0.15, -0.1) is 0 Å². The summed E-state index contributed by atoms with van der Waals surface area (Å²) >= 11 is 0. The zero-order chi connectivity index (χ0) is 15.5. The molecule has 0 radical (unpaired) electrons. The first-order chi connectivity index (χ1) is 9.91. The Morgan fingerprint density at radius 3 is 2.19 bits per heavy atom. The predicted octanol–water partition coefficient (Wildman–Crippen LogP) is 3.60. The van der Waals surface area contributed by atoms with Crippen molar-refractivity contribution in [1.29, 1.82) is 0 Å². The summed E-state index contributed by atoms with van der Waals surface area (Å²) in [6.45, 7) is 11.8. The fourth-order valence-electron chi connectivity index (χ4n) is 2.98. The first-order valence-electron chi connectivity index (χ1n) is 8.12. The number of ether oxygens (including phenoxy) is 1. The fraction of sp³-hybridized carbons (Fsp3) is 0.667. The Balaban J connectivity index is 2.04. The Morgan fingerprint density at radius 1 is 1.14 bits per heavy atom. The van der Waals surface area contributed by atoms with Crippen LogP contribution in [0.4, 0.5) is 0 Å². The second-order valence-electron chi connectivity index (χ2n) is 7.19. The van der Waals surface area contributed by atoms with Gasteiger partial charge in [0.1, 0.15) is 5.75 Å². The molecule has 0 spiro atoms. The molecule has 3 heteroatoms. The number of hydrogen-bond donors (Lipinski definition) is 1. The molecule has 0 aliphatic carbocycles. The highest BCUT2D eigenvalue weighted by Crippen LogP contribution is 2.33. The third-order valence-electron chi connectivity index (χ3n) is 4.45. The summed E-state index contributed by atoms with van der Waals surface area (Å²) in [4.78, 5) is 2.53. The van der Waals surface area contributed by atoms with Crippen molar-refractivity contribution in [3.05, 3.63) is 29.8 Å². The van der Waals surface area contributed by atoms with Crippen LogP contribution in [0.2, 0.25) is 0 Å². The highest BCUT2D eigenvalue weighted by Gasteiger charge is 2.29. The first-order valence-corrected chi connectivity index (χ1v) is 8.12. The van der Waals surface area contributed by atoms with Gasteiger partial charge < -0.3 is 10.5 Å². The van der Waals surface area contributed by atoms with E-state index in [1.807, 2.05) is 13.8 Å². The van der Waals surface area contributed by atoms with E-state index in [9.17, 15) is 0 Å². The molecule has 1 aromatic rings. The number of likely N-dealkylation sites (tertiary alicyclic amines) is 1. The normalized spacial score (nSPS) is 20.5. The zero-order valence-corrected chi connectivity index (χ0v) is 13.9. The largest absolute Gasteiger partial charge is 0.491 e. The third-order valence-corrected chi connectivity index (χ3v) is 4.45. The lowest BCUT2D eigenvalue weighted by molar-refractivity contribution is 0.0964. The highest BCUT2D eigenvalue weighted by molar-refractivity contribution is 5.29. The molecule has 118 valence electrons. The molecule has 2 rings (SSSR count). The van der Waals surface area contributed by atoms with Crippen LogP contribution in [0.3, 0.4) is 0 Å². The lowest BCUT2D eigenvalue weighted by Gasteiger charge is -2.41. The van der Waals surface area contributed by atoms with Crippen LogP contribution in [-0.4, -0.2) is 30.6 Å². The fourth-order valence-corrected chi connectivity index (χ4v) is 2.98. The van der Waals surface area contributed by atoms with Gasteiger partial charge >= 0.3 is 0 Å². The van der Waals surface area contributed by atoms with Gasteiger partial charge in [-0.25, -0.2) is 0 Å². The van der Waals surface area contributed by atoms with Gasteiger partial charge in [0.25, 0.3) is 0 Å². The average Bonchev–Trinajstić information content (AvgIpc) is 2.42. The van der Waals surface area contributed by atoms with E-state index in [2.05, 4.69) is 43.0 Å². The van der Waals surface area contributed by atoms with Crippen molar-refractivity contribution in [2.45, 2.75) is 52.7 Å². The SMILES string of the molecule is CC(C)Oc1ccc(C(CN)N2CCC(C)(C)CC2)cc1. The standard InChI is InChI=1S/C18H30N2O/c1-14(2)21-16-7-5-15(6-8-16)17(13-19)20-11-9-18(3,4)10-12-20/h5-8,14,17H,9-13,19H2,1-4H3. The maximum Gasteiger partial charge on any atom is 0.119 e. The minimum absolute atomic E-state index is 0.213. The van der Waals surface area contributed by atoms with Crippen LogP contribution in [0.1, 0.15) is 52.1 Å². The summed E-state index contributed by atoms with van der Waals surface area (Å²) in [6, 6.07) is 8.77. The van der Waals surface area contributed by atoms with Crippen molar-refractivity contribution in [3.8, 4) is 5.75 Å². The van der Waals surface area contributed by atoms with Gasteiger partial charge in [-0.3, -0.25) is 4.90 Å². The van der Waals surface area contributed by atoms with E-state index in [4.69, 9.17) is 10.5 Å².